The van der Waals surface area contributed by atoms with Crippen molar-refractivity contribution in [3.63, 3.8) is 0 Å². The summed E-state index contributed by atoms with van der Waals surface area (Å²) in [5, 5.41) is 8.71. The molecule has 88 valence electrons. The quantitative estimate of drug-likeness (QED) is 0.833. The predicted molar refractivity (Wildman–Crippen MR) is 57.4 cm³/mol. The average Bonchev–Trinajstić information content (AvgIpc) is 2.87. The van der Waals surface area contributed by atoms with Gasteiger partial charge in [0.2, 0.25) is 0 Å². The lowest BCUT2D eigenvalue weighted by molar-refractivity contribution is 0.0690. The van der Waals surface area contributed by atoms with E-state index in [9.17, 15) is 4.79 Å². The number of likely N-dealkylation sites (tertiary alicyclic amines) is 1. The van der Waals surface area contributed by atoms with Crippen molar-refractivity contribution in [2.75, 3.05) is 19.6 Å². The fourth-order valence-corrected chi connectivity index (χ4v) is 2.12. The highest BCUT2D eigenvalue weighted by Gasteiger charge is 2.23. The van der Waals surface area contributed by atoms with Crippen LogP contribution in [-0.4, -0.2) is 40.6 Å². The Balaban J connectivity index is 1.92. The molecule has 5 heteroatoms. The van der Waals surface area contributed by atoms with Gasteiger partial charge in [0.25, 0.3) is 0 Å². The van der Waals surface area contributed by atoms with Crippen LogP contribution in [0.3, 0.4) is 0 Å². The lowest BCUT2D eigenvalue weighted by Crippen LogP contribution is -2.20. The van der Waals surface area contributed by atoms with Crippen molar-refractivity contribution in [3.8, 4) is 0 Å². The Bertz CT molecular complexity index is 375. The first-order valence-electron chi connectivity index (χ1n) is 5.59. The maximum Gasteiger partial charge on any atom is 0.357 e. The minimum absolute atomic E-state index is 0.000319. The summed E-state index contributed by atoms with van der Waals surface area (Å²) in [6, 6.07) is 0. The number of rotatable bonds is 4. The van der Waals surface area contributed by atoms with Crippen LogP contribution in [0.15, 0.2) is 10.7 Å². The number of carbonyl (C=O) groups is 1. The van der Waals surface area contributed by atoms with E-state index >= 15 is 0 Å². The van der Waals surface area contributed by atoms with Gasteiger partial charge in [0.05, 0.1) is 0 Å². The van der Waals surface area contributed by atoms with E-state index in [2.05, 4.69) is 16.8 Å². The first-order chi connectivity index (χ1) is 7.69. The van der Waals surface area contributed by atoms with E-state index in [4.69, 9.17) is 9.52 Å². The molecule has 5 nitrogen and oxygen atoms in total. The molecule has 16 heavy (non-hydrogen) atoms. The van der Waals surface area contributed by atoms with Crippen LogP contribution < -0.4 is 0 Å². The third kappa shape index (κ3) is 2.41. The monoisotopic (exact) mass is 224 g/mol. The number of aromatic carboxylic acids is 1. The fraction of sp³-hybridized carbons (Fsp3) is 0.636. The summed E-state index contributed by atoms with van der Waals surface area (Å²) in [6.07, 6.45) is 3.09. The molecule has 1 atom stereocenters. The van der Waals surface area contributed by atoms with E-state index in [-0.39, 0.29) is 5.69 Å². The first kappa shape index (κ1) is 11.1. The maximum absolute atomic E-state index is 10.6. The van der Waals surface area contributed by atoms with Gasteiger partial charge in [0, 0.05) is 13.0 Å². The van der Waals surface area contributed by atoms with E-state index < -0.39 is 5.97 Å². The molecule has 1 saturated heterocycles. The Labute approximate surface area is 94.1 Å². The van der Waals surface area contributed by atoms with Gasteiger partial charge in [0.15, 0.2) is 11.6 Å². The molecule has 0 aliphatic carbocycles. The van der Waals surface area contributed by atoms with Crippen LogP contribution in [0.2, 0.25) is 0 Å². The molecule has 2 heterocycles. The number of hydrogen-bond donors (Lipinski definition) is 1. The SMILES string of the molecule is CCN1CCC(Cc2nc(C(=O)O)co2)C1. The number of aromatic nitrogens is 1. The molecule has 1 fully saturated rings. The third-order valence-electron chi connectivity index (χ3n) is 3.05. The Morgan fingerprint density at radius 2 is 2.56 bits per heavy atom. The second kappa shape index (κ2) is 4.65. The zero-order valence-electron chi connectivity index (χ0n) is 9.35. The predicted octanol–water partition coefficient (Wildman–Crippen LogP) is 1.26. The van der Waals surface area contributed by atoms with Crippen molar-refractivity contribution < 1.29 is 14.3 Å². The molecule has 1 aliphatic heterocycles. The maximum atomic E-state index is 10.6. The second-order valence-electron chi connectivity index (χ2n) is 4.18. The number of carboxylic acid groups (broad SMARTS) is 1. The van der Waals surface area contributed by atoms with Gasteiger partial charge < -0.3 is 14.4 Å². The molecule has 0 spiro atoms. The van der Waals surface area contributed by atoms with Crippen molar-refractivity contribution in [2.24, 2.45) is 5.92 Å². The summed E-state index contributed by atoms with van der Waals surface area (Å²) < 4.78 is 5.15. The highest BCUT2D eigenvalue weighted by atomic mass is 16.4. The molecule has 0 saturated carbocycles. The molecule has 1 aromatic heterocycles. The molecule has 0 aromatic carbocycles. The zero-order chi connectivity index (χ0) is 11.5. The zero-order valence-corrected chi connectivity index (χ0v) is 9.35. The molecule has 2 rings (SSSR count). The van der Waals surface area contributed by atoms with Crippen molar-refractivity contribution in [3.05, 3.63) is 17.8 Å². The summed E-state index contributed by atoms with van der Waals surface area (Å²) in [7, 11) is 0. The molecule has 1 aromatic rings. The standard InChI is InChI=1S/C11H16N2O3/c1-2-13-4-3-8(6-13)5-10-12-9(7-16-10)11(14)15/h7-8H,2-6H2,1H3,(H,14,15). The van der Waals surface area contributed by atoms with E-state index in [1.54, 1.807) is 0 Å². The minimum atomic E-state index is -1.03. The summed E-state index contributed by atoms with van der Waals surface area (Å²) >= 11 is 0. The van der Waals surface area contributed by atoms with Gasteiger partial charge in [0.1, 0.15) is 6.26 Å². The molecule has 0 radical (unpaired) electrons. The van der Waals surface area contributed by atoms with Crippen LogP contribution >= 0.6 is 0 Å². The lowest BCUT2D eigenvalue weighted by Gasteiger charge is -2.11. The van der Waals surface area contributed by atoms with Gasteiger partial charge in [-0.05, 0) is 25.4 Å². The summed E-state index contributed by atoms with van der Waals surface area (Å²) in [5.41, 5.74) is 0.000319. The Morgan fingerprint density at radius 3 is 3.12 bits per heavy atom. The molecular formula is C11H16N2O3. The molecule has 1 aliphatic rings. The van der Waals surface area contributed by atoms with Gasteiger partial charge in [-0.15, -0.1) is 0 Å². The smallest absolute Gasteiger partial charge is 0.357 e. The van der Waals surface area contributed by atoms with Crippen LogP contribution in [-0.2, 0) is 6.42 Å². The van der Waals surface area contributed by atoms with Crippen LogP contribution in [0.1, 0.15) is 29.7 Å². The van der Waals surface area contributed by atoms with Crippen molar-refractivity contribution in [1.29, 1.82) is 0 Å². The largest absolute Gasteiger partial charge is 0.476 e. The van der Waals surface area contributed by atoms with E-state index in [1.807, 2.05) is 0 Å². The fourth-order valence-electron chi connectivity index (χ4n) is 2.12. The molecule has 0 bridgehead atoms. The van der Waals surface area contributed by atoms with E-state index in [0.29, 0.717) is 11.8 Å². The second-order valence-corrected chi connectivity index (χ2v) is 4.18. The van der Waals surface area contributed by atoms with Crippen molar-refractivity contribution in [2.45, 2.75) is 19.8 Å². The van der Waals surface area contributed by atoms with Gasteiger partial charge in [-0.3, -0.25) is 0 Å². The van der Waals surface area contributed by atoms with Crippen molar-refractivity contribution in [1.82, 2.24) is 9.88 Å². The third-order valence-corrected chi connectivity index (χ3v) is 3.05. The molecule has 1 unspecified atom stereocenters. The minimum Gasteiger partial charge on any atom is -0.476 e. The number of oxazole rings is 1. The van der Waals surface area contributed by atoms with Crippen LogP contribution in [0.25, 0.3) is 0 Å². The molecule has 1 N–H and O–H groups in total. The van der Waals surface area contributed by atoms with Crippen molar-refractivity contribution >= 4 is 5.97 Å². The highest BCUT2D eigenvalue weighted by Crippen LogP contribution is 2.20. The number of carboxylic acids is 1. The van der Waals surface area contributed by atoms with E-state index in [0.717, 1.165) is 32.5 Å². The number of nitrogens with zero attached hydrogens (tertiary/aromatic N) is 2. The van der Waals surface area contributed by atoms with Crippen LogP contribution in [0, 0.1) is 5.92 Å². The molecular weight excluding hydrogens is 208 g/mol. The van der Waals surface area contributed by atoms with Gasteiger partial charge in [-0.1, -0.05) is 6.92 Å². The Hall–Kier alpha value is -1.36. The summed E-state index contributed by atoms with van der Waals surface area (Å²) in [5.74, 6) is 0.0530. The van der Waals surface area contributed by atoms with Crippen LogP contribution in [0.4, 0.5) is 0 Å². The number of hydrogen-bond acceptors (Lipinski definition) is 4. The average molecular weight is 224 g/mol. The normalized spacial score (nSPS) is 21.4. The lowest BCUT2D eigenvalue weighted by atomic mass is 10.1. The highest BCUT2D eigenvalue weighted by molar-refractivity contribution is 5.84. The summed E-state index contributed by atoms with van der Waals surface area (Å²) in [6.45, 7) is 5.40. The van der Waals surface area contributed by atoms with Gasteiger partial charge in [-0.25, -0.2) is 9.78 Å². The first-order valence-corrected chi connectivity index (χ1v) is 5.59. The van der Waals surface area contributed by atoms with Gasteiger partial charge in [-0.2, -0.15) is 0 Å². The molecule has 0 amide bonds. The topological polar surface area (TPSA) is 66.6 Å². The van der Waals surface area contributed by atoms with Crippen LogP contribution in [0.5, 0.6) is 0 Å². The van der Waals surface area contributed by atoms with E-state index in [1.165, 1.54) is 6.26 Å². The Kier molecular flexibility index (Phi) is 3.24. The van der Waals surface area contributed by atoms with Gasteiger partial charge >= 0.3 is 5.97 Å². The Morgan fingerprint density at radius 1 is 1.75 bits per heavy atom. The summed E-state index contributed by atoms with van der Waals surface area (Å²) in [4.78, 5) is 16.9.